The molecule has 1 fully saturated rings. The van der Waals surface area contributed by atoms with E-state index in [-0.39, 0.29) is 11.7 Å². The third-order valence-electron chi connectivity index (χ3n) is 4.54. The Morgan fingerprint density at radius 1 is 1.17 bits per heavy atom. The Labute approximate surface area is 136 Å². The van der Waals surface area contributed by atoms with Crippen molar-refractivity contribution in [1.82, 2.24) is 4.90 Å². The van der Waals surface area contributed by atoms with Crippen molar-refractivity contribution in [1.29, 1.82) is 0 Å². The van der Waals surface area contributed by atoms with E-state index in [4.69, 9.17) is 0 Å². The number of rotatable bonds is 6. The summed E-state index contributed by atoms with van der Waals surface area (Å²) in [6.07, 6.45) is 8.20. The van der Waals surface area contributed by atoms with Gasteiger partial charge < -0.3 is 9.64 Å². The molecule has 0 saturated heterocycles. The highest BCUT2D eigenvalue weighted by molar-refractivity contribution is 5.76. The van der Waals surface area contributed by atoms with Crippen molar-refractivity contribution in [2.75, 3.05) is 7.05 Å². The van der Waals surface area contributed by atoms with E-state index in [1.165, 1.54) is 37.8 Å². The minimum absolute atomic E-state index is 0.144. The fourth-order valence-corrected chi connectivity index (χ4v) is 3.11. The second kappa shape index (κ2) is 8.85. The summed E-state index contributed by atoms with van der Waals surface area (Å²) in [7, 11) is 1.90. The van der Waals surface area contributed by atoms with Gasteiger partial charge in [-0.15, -0.1) is 0 Å². The van der Waals surface area contributed by atoms with E-state index < -0.39 is 6.61 Å². The number of ether oxygens (including phenoxy) is 1. The molecule has 0 heterocycles. The molecule has 5 heteroatoms. The van der Waals surface area contributed by atoms with Crippen LogP contribution in [0, 0.1) is 0 Å². The van der Waals surface area contributed by atoms with E-state index >= 15 is 0 Å². The molecule has 0 spiro atoms. The number of carbonyl (C=O) groups is 1. The molecule has 0 bridgehead atoms. The van der Waals surface area contributed by atoms with Gasteiger partial charge in [-0.3, -0.25) is 4.79 Å². The highest BCUT2D eigenvalue weighted by atomic mass is 19.3. The average Bonchev–Trinajstić information content (AvgIpc) is 2.82. The quantitative estimate of drug-likeness (QED) is 0.726. The van der Waals surface area contributed by atoms with Gasteiger partial charge in [0.05, 0.1) is 0 Å². The Bertz CT molecular complexity index is 482. The zero-order valence-corrected chi connectivity index (χ0v) is 13.6. The molecule has 1 aromatic carbocycles. The Morgan fingerprint density at radius 3 is 2.35 bits per heavy atom. The summed E-state index contributed by atoms with van der Waals surface area (Å²) in [6, 6.07) is 6.86. The third-order valence-corrected chi connectivity index (χ3v) is 4.54. The molecule has 1 aliphatic carbocycles. The Kier molecular flexibility index (Phi) is 6.81. The number of alkyl halides is 2. The van der Waals surface area contributed by atoms with Gasteiger partial charge in [0.15, 0.2) is 0 Å². The highest BCUT2D eigenvalue weighted by Crippen LogP contribution is 2.22. The molecule has 1 aliphatic rings. The maximum absolute atomic E-state index is 12.3. The fraction of sp³-hybridized carbons (Fsp3) is 0.611. The lowest BCUT2D eigenvalue weighted by molar-refractivity contribution is -0.132. The van der Waals surface area contributed by atoms with Gasteiger partial charge >= 0.3 is 6.61 Å². The summed E-state index contributed by atoms with van der Waals surface area (Å²) in [5.74, 6) is 0.301. The molecule has 0 radical (unpaired) electrons. The number of hydrogen-bond acceptors (Lipinski definition) is 2. The first-order chi connectivity index (χ1) is 11.1. The van der Waals surface area contributed by atoms with Gasteiger partial charge in [-0.2, -0.15) is 8.78 Å². The zero-order chi connectivity index (χ0) is 16.7. The van der Waals surface area contributed by atoms with Crippen molar-refractivity contribution >= 4 is 5.91 Å². The lowest BCUT2D eigenvalue weighted by atomic mass is 10.1. The smallest absolute Gasteiger partial charge is 0.387 e. The van der Waals surface area contributed by atoms with Crippen molar-refractivity contribution in [2.24, 2.45) is 0 Å². The second-order valence-corrected chi connectivity index (χ2v) is 6.17. The van der Waals surface area contributed by atoms with Crippen LogP contribution in [-0.2, 0) is 11.2 Å². The summed E-state index contributed by atoms with van der Waals surface area (Å²) in [6.45, 7) is -2.81. The summed E-state index contributed by atoms with van der Waals surface area (Å²) >= 11 is 0. The molecule has 1 aromatic rings. The van der Waals surface area contributed by atoms with Gasteiger partial charge in [0.25, 0.3) is 0 Å². The van der Waals surface area contributed by atoms with Crippen LogP contribution in [0.3, 0.4) is 0 Å². The molecule has 0 aliphatic heterocycles. The van der Waals surface area contributed by atoms with E-state index in [0.717, 1.165) is 18.4 Å². The number of halogens is 2. The summed E-state index contributed by atoms with van der Waals surface area (Å²) in [5, 5.41) is 0. The maximum Gasteiger partial charge on any atom is 0.387 e. The van der Waals surface area contributed by atoms with Crippen LogP contribution >= 0.6 is 0 Å². The third kappa shape index (κ3) is 5.81. The molecule has 0 atom stereocenters. The van der Waals surface area contributed by atoms with Crippen LogP contribution in [0.5, 0.6) is 5.75 Å². The monoisotopic (exact) mass is 325 g/mol. The number of aryl methyl sites for hydroxylation is 1. The molecular formula is C18H25F2NO2. The van der Waals surface area contributed by atoms with Crippen LogP contribution in [-0.4, -0.2) is 30.5 Å². The number of benzene rings is 1. The molecule has 128 valence electrons. The lowest BCUT2D eigenvalue weighted by Gasteiger charge is -2.27. The number of nitrogens with zero attached hydrogens (tertiary/aromatic N) is 1. The zero-order valence-electron chi connectivity index (χ0n) is 13.6. The van der Waals surface area contributed by atoms with Crippen molar-refractivity contribution < 1.29 is 18.3 Å². The molecule has 23 heavy (non-hydrogen) atoms. The molecule has 0 aromatic heterocycles. The topological polar surface area (TPSA) is 29.5 Å². The molecule has 0 unspecified atom stereocenters. The first-order valence-electron chi connectivity index (χ1n) is 8.35. The van der Waals surface area contributed by atoms with Crippen LogP contribution in [0.4, 0.5) is 8.78 Å². The molecule has 3 nitrogen and oxygen atoms in total. The average molecular weight is 325 g/mol. The van der Waals surface area contributed by atoms with E-state index in [2.05, 4.69) is 4.74 Å². The number of amides is 1. The van der Waals surface area contributed by atoms with Gasteiger partial charge in [-0.25, -0.2) is 0 Å². The van der Waals surface area contributed by atoms with Gasteiger partial charge in [0, 0.05) is 19.5 Å². The second-order valence-electron chi connectivity index (χ2n) is 6.17. The summed E-state index contributed by atoms with van der Waals surface area (Å²) in [5.41, 5.74) is 0.953. The predicted molar refractivity (Wildman–Crippen MR) is 85.7 cm³/mol. The van der Waals surface area contributed by atoms with Crippen molar-refractivity contribution in [3.05, 3.63) is 29.8 Å². The van der Waals surface area contributed by atoms with Crippen LogP contribution < -0.4 is 4.74 Å². The van der Waals surface area contributed by atoms with E-state index in [9.17, 15) is 13.6 Å². The van der Waals surface area contributed by atoms with E-state index in [1.807, 2.05) is 11.9 Å². The first-order valence-corrected chi connectivity index (χ1v) is 8.35. The molecule has 1 saturated carbocycles. The first kappa shape index (κ1) is 17.7. The van der Waals surface area contributed by atoms with Crippen LogP contribution in [0.2, 0.25) is 0 Å². The Hall–Kier alpha value is -1.65. The van der Waals surface area contributed by atoms with Crippen molar-refractivity contribution in [3.8, 4) is 5.75 Å². The highest BCUT2D eigenvalue weighted by Gasteiger charge is 2.20. The van der Waals surface area contributed by atoms with Crippen LogP contribution in [0.1, 0.15) is 50.5 Å². The molecular weight excluding hydrogens is 300 g/mol. The molecule has 2 rings (SSSR count). The van der Waals surface area contributed by atoms with E-state index in [0.29, 0.717) is 18.9 Å². The van der Waals surface area contributed by atoms with Crippen molar-refractivity contribution in [2.45, 2.75) is 64.0 Å². The largest absolute Gasteiger partial charge is 0.435 e. The predicted octanol–water partition coefficient (Wildman–Crippen LogP) is 4.40. The molecule has 1 amide bonds. The lowest BCUT2D eigenvalue weighted by Crippen LogP contribution is -2.36. The summed E-state index contributed by atoms with van der Waals surface area (Å²) < 4.78 is 28.5. The summed E-state index contributed by atoms with van der Waals surface area (Å²) in [4.78, 5) is 14.2. The fourth-order valence-electron chi connectivity index (χ4n) is 3.11. The van der Waals surface area contributed by atoms with E-state index in [1.54, 1.807) is 12.1 Å². The van der Waals surface area contributed by atoms with Crippen LogP contribution in [0.25, 0.3) is 0 Å². The SMILES string of the molecule is CN(C(=O)CCc1ccc(OC(F)F)cc1)C1CCCCCC1. The number of hydrogen-bond donors (Lipinski definition) is 0. The van der Waals surface area contributed by atoms with Gasteiger partial charge in [0.2, 0.25) is 5.91 Å². The Morgan fingerprint density at radius 2 is 1.78 bits per heavy atom. The Balaban J connectivity index is 1.81. The maximum atomic E-state index is 12.3. The standard InChI is InChI=1S/C18H25F2NO2/c1-21(15-6-4-2-3-5-7-15)17(22)13-10-14-8-11-16(12-9-14)23-18(19)20/h8-9,11-12,15,18H,2-7,10,13H2,1H3. The van der Waals surface area contributed by atoms with Gasteiger partial charge in [-0.1, -0.05) is 37.8 Å². The van der Waals surface area contributed by atoms with Gasteiger partial charge in [-0.05, 0) is 37.0 Å². The van der Waals surface area contributed by atoms with Gasteiger partial charge in [0.1, 0.15) is 5.75 Å². The normalized spacial score (nSPS) is 16.2. The van der Waals surface area contributed by atoms with Crippen molar-refractivity contribution in [3.63, 3.8) is 0 Å². The molecule has 0 N–H and O–H groups in total. The minimum atomic E-state index is -2.81. The van der Waals surface area contributed by atoms with Crippen LogP contribution in [0.15, 0.2) is 24.3 Å². The number of carbonyl (C=O) groups excluding carboxylic acids is 1. The minimum Gasteiger partial charge on any atom is -0.435 e.